The summed E-state index contributed by atoms with van der Waals surface area (Å²) in [6.45, 7) is 0.498. The van der Waals surface area contributed by atoms with Gasteiger partial charge in [-0.15, -0.1) is 11.8 Å². The third kappa shape index (κ3) is 2.92. The predicted octanol–water partition coefficient (Wildman–Crippen LogP) is 0.137. The molecule has 0 saturated heterocycles. The molecule has 1 aromatic rings. The minimum absolute atomic E-state index is 0.0358. The number of carbonyl (C=O) groups excluding carboxylic acids is 1. The van der Waals surface area contributed by atoms with Gasteiger partial charge in [0.1, 0.15) is 18.1 Å². The van der Waals surface area contributed by atoms with Gasteiger partial charge < -0.3 is 19.7 Å². The van der Waals surface area contributed by atoms with E-state index >= 15 is 0 Å². The summed E-state index contributed by atoms with van der Waals surface area (Å²) in [5.74, 6) is -1.68. The van der Waals surface area contributed by atoms with Crippen molar-refractivity contribution in [2.45, 2.75) is 18.3 Å². The first-order valence-electron chi connectivity index (χ1n) is 7.01. The number of hydrogen-bond acceptors (Lipinski definition) is 6. The van der Waals surface area contributed by atoms with E-state index in [2.05, 4.69) is 9.98 Å². The second-order valence-electron chi connectivity index (χ2n) is 5.42. The van der Waals surface area contributed by atoms with E-state index in [-0.39, 0.29) is 29.5 Å². The Bertz CT molecular complexity index is 797. The number of aliphatic carboxylic acids is 2. The molecular formula is C14H14N4O5S. The number of hydrogen-bond donors (Lipinski definition) is 2. The van der Waals surface area contributed by atoms with Crippen molar-refractivity contribution in [1.29, 1.82) is 0 Å². The van der Waals surface area contributed by atoms with Crippen LogP contribution in [-0.2, 0) is 27.5 Å². The lowest BCUT2D eigenvalue weighted by Crippen LogP contribution is -2.35. The van der Waals surface area contributed by atoms with Gasteiger partial charge in [-0.1, -0.05) is 0 Å². The Kier molecular flexibility index (Phi) is 4.14. The largest absolute Gasteiger partial charge is 0.478 e. The molecule has 0 aliphatic carbocycles. The smallest absolute Gasteiger partial charge is 0.351 e. The highest BCUT2D eigenvalue weighted by Gasteiger charge is 2.31. The lowest BCUT2D eigenvalue weighted by molar-refractivity contribution is -0.133. The first-order valence-corrected chi connectivity index (χ1v) is 8.06. The van der Waals surface area contributed by atoms with Gasteiger partial charge in [0, 0.05) is 25.2 Å². The van der Waals surface area contributed by atoms with Gasteiger partial charge in [0.15, 0.2) is 0 Å². The topological polar surface area (TPSA) is 125 Å². The molecule has 3 rings (SSSR count). The highest BCUT2D eigenvalue weighted by molar-refractivity contribution is 8.00. The van der Waals surface area contributed by atoms with E-state index in [0.717, 1.165) is 18.0 Å². The minimum Gasteiger partial charge on any atom is -0.478 e. The number of aromatic nitrogens is 2. The number of nitrogens with zero attached hydrogens (tertiary/aromatic N) is 4. The quantitative estimate of drug-likeness (QED) is 0.794. The van der Waals surface area contributed by atoms with Crippen molar-refractivity contribution >= 4 is 35.3 Å². The second-order valence-corrected chi connectivity index (χ2v) is 6.51. The summed E-state index contributed by atoms with van der Waals surface area (Å²) in [7, 11) is 1.68. The second kappa shape index (κ2) is 6.11. The molecule has 2 N–H and O–H groups in total. The number of carboxylic acids is 2. The van der Waals surface area contributed by atoms with Crippen molar-refractivity contribution in [2.24, 2.45) is 4.99 Å². The van der Waals surface area contributed by atoms with Gasteiger partial charge in [0.25, 0.3) is 0 Å². The van der Waals surface area contributed by atoms with Gasteiger partial charge in [-0.2, -0.15) is 0 Å². The molecule has 9 nitrogen and oxygen atoms in total. The van der Waals surface area contributed by atoms with Crippen LogP contribution in [0.25, 0.3) is 0 Å². The molecule has 1 atom stereocenters. The first-order chi connectivity index (χ1) is 11.4. The maximum absolute atomic E-state index is 11.8. The zero-order valence-electron chi connectivity index (χ0n) is 12.7. The summed E-state index contributed by atoms with van der Waals surface area (Å²) in [5.41, 5.74) is 0.333. The first kappa shape index (κ1) is 16.2. The van der Waals surface area contributed by atoms with E-state index in [1.165, 1.54) is 0 Å². The van der Waals surface area contributed by atoms with Crippen LogP contribution in [0.5, 0.6) is 0 Å². The SMILES string of the molecule is CN1Cc2nc(C3SCC(C(=O)O)=NC=C3C(=O)O)cn2CC1=O. The van der Waals surface area contributed by atoms with E-state index in [0.29, 0.717) is 18.1 Å². The number of amides is 1. The highest BCUT2D eigenvalue weighted by Crippen LogP contribution is 2.37. The fraction of sp³-hybridized carbons (Fsp3) is 0.357. The van der Waals surface area contributed by atoms with Crippen LogP contribution in [-0.4, -0.2) is 61.0 Å². The molecule has 1 amide bonds. The van der Waals surface area contributed by atoms with E-state index in [4.69, 9.17) is 5.11 Å². The third-order valence-corrected chi connectivity index (χ3v) is 5.05. The summed E-state index contributed by atoms with van der Waals surface area (Å²) < 4.78 is 1.70. The summed E-state index contributed by atoms with van der Waals surface area (Å²) in [6.07, 6.45) is 2.73. The van der Waals surface area contributed by atoms with E-state index < -0.39 is 17.2 Å². The highest BCUT2D eigenvalue weighted by atomic mass is 32.2. The Morgan fingerprint density at radius 2 is 2.04 bits per heavy atom. The summed E-state index contributed by atoms with van der Waals surface area (Å²) in [5, 5.41) is 17.8. The molecule has 1 unspecified atom stereocenters. The van der Waals surface area contributed by atoms with E-state index in [9.17, 15) is 19.5 Å². The van der Waals surface area contributed by atoms with Crippen molar-refractivity contribution in [3.05, 3.63) is 29.5 Å². The number of aliphatic imine (C=N–C) groups is 1. The number of imidazole rings is 1. The molecule has 0 spiro atoms. The van der Waals surface area contributed by atoms with Crippen LogP contribution in [0.3, 0.4) is 0 Å². The van der Waals surface area contributed by atoms with Gasteiger partial charge >= 0.3 is 11.9 Å². The molecule has 0 bridgehead atoms. The molecule has 2 aliphatic rings. The number of likely N-dealkylation sites (N-methyl/N-ethyl adjacent to an activating group) is 1. The van der Waals surface area contributed by atoms with E-state index in [1.54, 1.807) is 22.7 Å². The van der Waals surface area contributed by atoms with Gasteiger partial charge in [0.2, 0.25) is 5.91 Å². The Labute approximate surface area is 140 Å². The standard InChI is InChI=1S/C14H14N4O5S/c1-17-4-10-16-8(3-18(10)5-11(17)19)12-7(13(20)21)2-15-9(6-24-12)14(22)23/h2-3,12H,4-6H2,1H3,(H,20,21)(H,22,23). The number of carboxylic acid groups (broad SMARTS) is 2. The third-order valence-electron chi connectivity index (χ3n) is 3.78. The van der Waals surface area contributed by atoms with E-state index in [1.807, 2.05) is 0 Å². The molecule has 0 radical (unpaired) electrons. The van der Waals surface area contributed by atoms with Crippen LogP contribution in [0, 0.1) is 0 Å². The molecule has 0 fully saturated rings. The predicted molar refractivity (Wildman–Crippen MR) is 84.7 cm³/mol. The average Bonchev–Trinajstić information content (AvgIpc) is 2.77. The van der Waals surface area contributed by atoms with Crippen LogP contribution < -0.4 is 0 Å². The number of carbonyl (C=O) groups is 3. The van der Waals surface area contributed by atoms with Gasteiger partial charge in [-0.05, 0) is 0 Å². The van der Waals surface area contributed by atoms with Crippen molar-refractivity contribution in [2.75, 3.05) is 12.8 Å². The summed E-state index contributed by atoms with van der Waals surface area (Å²) >= 11 is 1.14. The maximum atomic E-state index is 11.8. The molecule has 0 aromatic carbocycles. The molecule has 1 aromatic heterocycles. The molecule has 2 aliphatic heterocycles. The van der Waals surface area contributed by atoms with Gasteiger partial charge in [0.05, 0.1) is 23.1 Å². The molecule has 126 valence electrons. The Balaban J connectivity index is 1.95. The maximum Gasteiger partial charge on any atom is 0.351 e. The monoisotopic (exact) mass is 350 g/mol. The Morgan fingerprint density at radius 3 is 2.71 bits per heavy atom. The molecule has 3 heterocycles. The van der Waals surface area contributed by atoms with Crippen molar-refractivity contribution in [3.63, 3.8) is 0 Å². The van der Waals surface area contributed by atoms with Crippen LogP contribution >= 0.6 is 11.8 Å². The van der Waals surface area contributed by atoms with Crippen LogP contribution in [0.15, 0.2) is 23.0 Å². The Morgan fingerprint density at radius 1 is 1.29 bits per heavy atom. The van der Waals surface area contributed by atoms with Gasteiger partial charge in [-0.3, -0.25) is 9.79 Å². The Hall–Kier alpha value is -2.62. The van der Waals surface area contributed by atoms with Crippen LogP contribution in [0.1, 0.15) is 16.8 Å². The lowest BCUT2D eigenvalue weighted by atomic mass is 10.1. The zero-order valence-corrected chi connectivity index (χ0v) is 13.5. The van der Waals surface area contributed by atoms with Crippen LogP contribution in [0.4, 0.5) is 0 Å². The number of thioether (sulfide) groups is 1. The summed E-state index contributed by atoms with van der Waals surface area (Å²) in [4.78, 5) is 44.1. The van der Waals surface area contributed by atoms with Crippen molar-refractivity contribution < 1.29 is 24.6 Å². The van der Waals surface area contributed by atoms with Crippen LogP contribution in [0.2, 0.25) is 0 Å². The van der Waals surface area contributed by atoms with Gasteiger partial charge in [-0.25, -0.2) is 14.6 Å². The molecule has 10 heteroatoms. The molecule has 24 heavy (non-hydrogen) atoms. The zero-order chi connectivity index (χ0) is 17.4. The fourth-order valence-electron chi connectivity index (χ4n) is 2.47. The fourth-order valence-corrected chi connectivity index (χ4v) is 3.61. The molecular weight excluding hydrogens is 336 g/mol. The van der Waals surface area contributed by atoms with Crippen molar-refractivity contribution in [3.8, 4) is 0 Å². The lowest BCUT2D eigenvalue weighted by Gasteiger charge is -2.23. The number of fused-ring (bicyclic) bond motifs is 1. The van der Waals surface area contributed by atoms with Crippen molar-refractivity contribution in [1.82, 2.24) is 14.5 Å². The summed E-state index contributed by atoms with van der Waals surface area (Å²) in [6, 6.07) is 0. The minimum atomic E-state index is -1.18. The average molecular weight is 350 g/mol. The number of rotatable bonds is 3. The normalized spacial score (nSPS) is 20.8. The molecule has 0 saturated carbocycles.